The summed E-state index contributed by atoms with van der Waals surface area (Å²) in [6, 6.07) is 20.4. The van der Waals surface area contributed by atoms with Gasteiger partial charge in [0.1, 0.15) is 20.1 Å². The molecule has 4 aromatic rings. The quantitative estimate of drug-likeness (QED) is 0.582. The maximum Gasteiger partial charge on any atom is 0.244 e. The highest BCUT2D eigenvalue weighted by atomic mass is 16.1. The highest BCUT2D eigenvalue weighted by Crippen LogP contribution is 2.23. The number of hydrogen-bond acceptors (Lipinski definition) is 3. The van der Waals surface area contributed by atoms with Gasteiger partial charge in [-0.3, -0.25) is 9.78 Å². The van der Waals surface area contributed by atoms with Crippen LogP contribution in [0, 0.1) is 0 Å². The molecule has 0 aliphatic heterocycles. The van der Waals surface area contributed by atoms with Crippen LogP contribution in [0.1, 0.15) is 0 Å². The van der Waals surface area contributed by atoms with Crippen LogP contribution in [-0.4, -0.2) is 28.3 Å². The third-order valence-corrected chi connectivity index (χ3v) is 4.04. The van der Waals surface area contributed by atoms with Gasteiger partial charge in [-0.2, -0.15) is 0 Å². The second-order valence-electron chi connectivity index (χ2n) is 5.90. The van der Waals surface area contributed by atoms with Gasteiger partial charge in [0.15, 0.2) is 5.82 Å². The van der Waals surface area contributed by atoms with Crippen LogP contribution in [0.4, 0.5) is 5.69 Å². The van der Waals surface area contributed by atoms with E-state index in [0.717, 1.165) is 16.7 Å². The molecule has 2 aromatic heterocycles. The van der Waals surface area contributed by atoms with Crippen LogP contribution < -0.4 is 10.8 Å². The molecular formula is C20H15BN4O. The summed E-state index contributed by atoms with van der Waals surface area (Å²) in [7, 11) is 5.68. The fourth-order valence-electron chi connectivity index (χ4n) is 2.84. The molecule has 0 spiro atoms. The van der Waals surface area contributed by atoms with E-state index in [1.165, 1.54) is 0 Å². The Hall–Kier alpha value is -3.41. The summed E-state index contributed by atoms with van der Waals surface area (Å²) < 4.78 is 1.88. The lowest BCUT2D eigenvalue weighted by atomic mass is 9.96. The van der Waals surface area contributed by atoms with E-state index in [-0.39, 0.29) is 12.5 Å². The summed E-state index contributed by atoms with van der Waals surface area (Å²) in [6.45, 7) is 0.136. The number of carbonyl (C=O) groups excluding carboxylic acids is 1. The molecule has 124 valence electrons. The first-order valence-electron chi connectivity index (χ1n) is 8.23. The van der Waals surface area contributed by atoms with Crippen molar-refractivity contribution in [3.8, 4) is 11.5 Å². The Morgan fingerprint density at radius 3 is 2.54 bits per heavy atom. The van der Waals surface area contributed by atoms with Crippen LogP contribution in [0.2, 0.25) is 0 Å². The van der Waals surface area contributed by atoms with Crippen LogP contribution in [-0.2, 0) is 11.3 Å². The number of benzene rings is 2. The van der Waals surface area contributed by atoms with E-state index in [0.29, 0.717) is 17.0 Å². The molecule has 4 rings (SSSR count). The molecule has 2 radical (unpaired) electrons. The third-order valence-electron chi connectivity index (χ3n) is 4.04. The summed E-state index contributed by atoms with van der Waals surface area (Å²) in [5, 5.41) is 2.89. The number of nitrogens with zero attached hydrogens (tertiary/aromatic N) is 3. The predicted octanol–water partition coefficient (Wildman–Crippen LogP) is 2.53. The van der Waals surface area contributed by atoms with Crippen molar-refractivity contribution in [1.29, 1.82) is 0 Å². The smallest absolute Gasteiger partial charge is 0.244 e. The zero-order chi connectivity index (χ0) is 17.9. The Labute approximate surface area is 152 Å². The van der Waals surface area contributed by atoms with Gasteiger partial charge < -0.3 is 9.88 Å². The summed E-state index contributed by atoms with van der Waals surface area (Å²) >= 11 is 0. The van der Waals surface area contributed by atoms with E-state index >= 15 is 0 Å². The van der Waals surface area contributed by atoms with E-state index in [4.69, 9.17) is 7.85 Å². The van der Waals surface area contributed by atoms with E-state index in [1.54, 1.807) is 30.5 Å². The summed E-state index contributed by atoms with van der Waals surface area (Å²) in [5.74, 6) is 0.523. The molecule has 1 N–H and O–H groups in total. The molecule has 0 fully saturated rings. The second-order valence-corrected chi connectivity index (χ2v) is 5.90. The van der Waals surface area contributed by atoms with Crippen LogP contribution in [0.5, 0.6) is 0 Å². The Kier molecular flexibility index (Phi) is 4.23. The highest BCUT2D eigenvalue weighted by molar-refractivity contribution is 6.32. The first-order chi connectivity index (χ1) is 12.7. The molecule has 2 heterocycles. The van der Waals surface area contributed by atoms with Crippen molar-refractivity contribution in [3.63, 3.8) is 0 Å². The lowest BCUT2D eigenvalue weighted by molar-refractivity contribution is -0.116. The molecule has 0 atom stereocenters. The van der Waals surface area contributed by atoms with Gasteiger partial charge in [0.05, 0.1) is 11.0 Å². The van der Waals surface area contributed by atoms with Gasteiger partial charge >= 0.3 is 0 Å². The van der Waals surface area contributed by atoms with Gasteiger partial charge in [-0.1, -0.05) is 35.8 Å². The molecule has 0 unspecified atom stereocenters. The average molecular weight is 338 g/mol. The SMILES string of the molecule is [B]c1ccc(NC(=O)Cn2c(-c3ccccn3)nc3ccccc32)cc1. The minimum absolute atomic E-state index is 0.136. The van der Waals surface area contributed by atoms with Crippen molar-refractivity contribution in [3.05, 3.63) is 72.9 Å². The van der Waals surface area contributed by atoms with E-state index < -0.39 is 0 Å². The number of pyridine rings is 1. The van der Waals surface area contributed by atoms with Crippen molar-refractivity contribution >= 4 is 35.9 Å². The van der Waals surface area contributed by atoms with Gasteiger partial charge in [-0.15, -0.1) is 0 Å². The van der Waals surface area contributed by atoms with Crippen molar-refractivity contribution in [2.45, 2.75) is 6.54 Å². The molecule has 6 heteroatoms. The first kappa shape index (κ1) is 16.1. The fourth-order valence-corrected chi connectivity index (χ4v) is 2.84. The normalized spacial score (nSPS) is 10.8. The second kappa shape index (κ2) is 6.84. The van der Waals surface area contributed by atoms with Crippen molar-refractivity contribution < 1.29 is 4.79 Å². The molecule has 5 nitrogen and oxygen atoms in total. The van der Waals surface area contributed by atoms with Crippen LogP contribution in [0.15, 0.2) is 72.9 Å². The summed E-state index contributed by atoms with van der Waals surface area (Å²) in [5.41, 5.74) is 3.80. The number of amides is 1. The molecular weight excluding hydrogens is 323 g/mol. The minimum atomic E-state index is -0.143. The number of imidazole rings is 1. The topological polar surface area (TPSA) is 59.8 Å². The molecule has 2 aromatic carbocycles. The molecule has 0 aliphatic rings. The van der Waals surface area contributed by atoms with E-state index in [9.17, 15) is 4.79 Å². The number of aromatic nitrogens is 3. The zero-order valence-corrected chi connectivity index (χ0v) is 14.0. The maximum absolute atomic E-state index is 12.6. The van der Waals surface area contributed by atoms with Crippen molar-refractivity contribution in [2.24, 2.45) is 0 Å². The number of carbonyl (C=O) groups is 1. The molecule has 0 bridgehead atoms. The highest BCUT2D eigenvalue weighted by Gasteiger charge is 2.15. The Morgan fingerprint density at radius 1 is 1.00 bits per heavy atom. The largest absolute Gasteiger partial charge is 0.325 e. The van der Waals surface area contributed by atoms with Crippen molar-refractivity contribution in [2.75, 3.05) is 5.32 Å². The van der Waals surface area contributed by atoms with Gasteiger partial charge in [-0.25, -0.2) is 4.98 Å². The minimum Gasteiger partial charge on any atom is -0.325 e. The average Bonchev–Trinajstić information content (AvgIpc) is 3.03. The zero-order valence-electron chi connectivity index (χ0n) is 14.0. The monoisotopic (exact) mass is 338 g/mol. The molecule has 26 heavy (non-hydrogen) atoms. The number of anilines is 1. The summed E-state index contributed by atoms with van der Waals surface area (Å²) in [6.07, 6.45) is 1.72. The lowest BCUT2D eigenvalue weighted by Gasteiger charge is -2.10. The Balaban J connectivity index is 1.68. The number of nitrogens with one attached hydrogen (secondary N) is 1. The Morgan fingerprint density at radius 2 is 1.77 bits per heavy atom. The summed E-state index contributed by atoms with van der Waals surface area (Å²) in [4.78, 5) is 21.6. The van der Waals surface area contributed by atoms with E-state index in [2.05, 4.69) is 15.3 Å². The van der Waals surface area contributed by atoms with Gasteiger partial charge in [0.25, 0.3) is 0 Å². The van der Waals surface area contributed by atoms with Crippen LogP contribution >= 0.6 is 0 Å². The van der Waals surface area contributed by atoms with Gasteiger partial charge in [0, 0.05) is 11.9 Å². The standard InChI is InChI=1S/C20H15BN4O/c21-14-8-10-15(11-9-14)23-19(26)13-25-18-7-2-1-5-16(18)24-20(25)17-6-3-4-12-22-17/h1-12H,13H2,(H,23,26). The lowest BCUT2D eigenvalue weighted by Crippen LogP contribution is -2.19. The number of fused-ring (bicyclic) bond motifs is 1. The van der Waals surface area contributed by atoms with Gasteiger partial charge in [-0.05, 0) is 36.4 Å². The number of rotatable bonds is 4. The maximum atomic E-state index is 12.6. The van der Waals surface area contributed by atoms with Crippen molar-refractivity contribution in [1.82, 2.24) is 14.5 Å². The fraction of sp³-hybridized carbons (Fsp3) is 0.0500. The number of para-hydroxylation sites is 2. The van der Waals surface area contributed by atoms with Crippen LogP contribution in [0.25, 0.3) is 22.6 Å². The molecule has 0 saturated heterocycles. The third kappa shape index (κ3) is 3.21. The molecule has 0 saturated carbocycles. The molecule has 1 amide bonds. The molecule has 0 aliphatic carbocycles. The van der Waals surface area contributed by atoms with Gasteiger partial charge in [0.2, 0.25) is 5.91 Å². The van der Waals surface area contributed by atoms with Crippen LogP contribution in [0.3, 0.4) is 0 Å². The first-order valence-corrected chi connectivity index (χ1v) is 8.23. The number of hydrogen-bond donors (Lipinski definition) is 1. The Bertz CT molecular complexity index is 1060. The predicted molar refractivity (Wildman–Crippen MR) is 103 cm³/mol. The van der Waals surface area contributed by atoms with E-state index in [1.807, 2.05) is 47.0 Å².